The Bertz CT molecular complexity index is 788. The average molecular weight is 439 g/mol. The molecule has 1 amide bonds. The second kappa shape index (κ2) is 10.6. The Hall–Kier alpha value is -2.58. The second-order valence-corrected chi connectivity index (χ2v) is 8.29. The molecule has 0 saturated heterocycles. The van der Waals surface area contributed by atoms with Crippen LogP contribution >= 0.6 is 0 Å². The number of amides is 1. The zero-order chi connectivity index (χ0) is 22.4. The maximum Gasteiger partial charge on any atom is 0.387 e. The molecule has 3 unspecified atom stereocenters. The van der Waals surface area contributed by atoms with Crippen LogP contribution in [0.15, 0.2) is 23.2 Å². The molecule has 2 fully saturated rings. The maximum absolute atomic E-state index is 13.0. The van der Waals surface area contributed by atoms with Crippen molar-refractivity contribution in [2.75, 3.05) is 27.2 Å². The van der Waals surface area contributed by atoms with E-state index in [1.807, 2.05) is 0 Å². The molecule has 1 aromatic carbocycles. The van der Waals surface area contributed by atoms with Gasteiger partial charge in [-0.2, -0.15) is 8.78 Å². The molecular formula is C22H32F2N4O3. The van der Waals surface area contributed by atoms with Crippen LogP contribution in [0.4, 0.5) is 8.78 Å². The summed E-state index contributed by atoms with van der Waals surface area (Å²) in [6.45, 7) is -0.655. The van der Waals surface area contributed by atoms with Crippen molar-refractivity contribution in [3.8, 4) is 11.5 Å². The monoisotopic (exact) mass is 438 g/mol. The van der Waals surface area contributed by atoms with Crippen LogP contribution in [0.3, 0.4) is 0 Å². The lowest BCUT2D eigenvalue weighted by molar-refractivity contribution is -0.127. The van der Waals surface area contributed by atoms with Gasteiger partial charge in [0.1, 0.15) is 0 Å². The fourth-order valence-corrected chi connectivity index (χ4v) is 4.41. The summed E-state index contributed by atoms with van der Waals surface area (Å²) in [7, 11) is 3.38. The van der Waals surface area contributed by atoms with Gasteiger partial charge in [-0.3, -0.25) is 4.79 Å². The summed E-state index contributed by atoms with van der Waals surface area (Å²) in [6.07, 6.45) is 4.80. The molecule has 3 rings (SSSR count). The number of carbonyl (C=O) groups is 1. The Labute approximate surface area is 182 Å². The van der Waals surface area contributed by atoms with Crippen LogP contribution in [-0.2, 0) is 11.3 Å². The molecule has 0 aliphatic heterocycles. The van der Waals surface area contributed by atoms with Crippen LogP contribution in [-0.4, -0.2) is 56.7 Å². The molecular weight excluding hydrogens is 406 g/mol. The molecule has 1 aromatic rings. The van der Waals surface area contributed by atoms with Gasteiger partial charge in [-0.1, -0.05) is 18.6 Å². The van der Waals surface area contributed by atoms with Gasteiger partial charge in [0.25, 0.3) is 0 Å². The number of nitrogens with one attached hydrogen (secondary N) is 2. The Morgan fingerprint density at radius 1 is 1.29 bits per heavy atom. The SMILES string of the molecule is CCOc1cccc(CN=C(NCC(=O)N(C)C)NC2CC3CCC2C3)c1OC(F)F. The fraction of sp³-hybridized carbons (Fsp3) is 0.636. The number of hydrogen-bond acceptors (Lipinski definition) is 4. The topological polar surface area (TPSA) is 75.2 Å². The summed E-state index contributed by atoms with van der Waals surface area (Å²) in [5.41, 5.74) is 0.485. The second-order valence-electron chi connectivity index (χ2n) is 8.29. The molecule has 2 aliphatic carbocycles. The number of carbonyl (C=O) groups excluding carboxylic acids is 1. The number of aliphatic imine (C=N–C) groups is 1. The van der Waals surface area contributed by atoms with Crippen LogP contribution in [0, 0.1) is 11.8 Å². The van der Waals surface area contributed by atoms with Crippen molar-refractivity contribution in [1.82, 2.24) is 15.5 Å². The molecule has 2 bridgehead atoms. The van der Waals surface area contributed by atoms with Crippen LogP contribution in [0.25, 0.3) is 0 Å². The molecule has 0 heterocycles. The Morgan fingerprint density at radius 3 is 2.71 bits per heavy atom. The lowest BCUT2D eigenvalue weighted by atomic mass is 9.95. The minimum Gasteiger partial charge on any atom is -0.490 e. The lowest BCUT2D eigenvalue weighted by Crippen LogP contribution is -2.48. The minimum absolute atomic E-state index is 0.00765. The molecule has 3 atom stereocenters. The number of benzene rings is 1. The van der Waals surface area contributed by atoms with E-state index in [1.165, 1.54) is 24.2 Å². The molecule has 2 saturated carbocycles. The van der Waals surface area contributed by atoms with Crippen molar-refractivity contribution >= 4 is 11.9 Å². The number of rotatable bonds is 9. The van der Waals surface area contributed by atoms with E-state index in [9.17, 15) is 13.6 Å². The Balaban J connectivity index is 1.77. The third kappa shape index (κ3) is 6.21. The van der Waals surface area contributed by atoms with E-state index >= 15 is 0 Å². The summed E-state index contributed by atoms with van der Waals surface area (Å²) in [5.74, 6) is 2.03. The summed E-state index contributed by atoms with van der Waals surface area (Å²) in [5, 5.41) is 6.54. The van der Waals surface area contributed by atoms with Gasteiger partial charge in [-0.25, -0.2) is 4.99 Å². The van der Waals surface area contributed by atoms with Gasteiger partial charge in [0.2, 0.25) is 5.91 Å². The smallest absolute Gasteiger partial charge is 0.387 e. The Morgan fingerprint density at radius 2 is 2.10 bits per heavy atom. The van der Waals surface area contributed by atoms with Crippen molar-refractivity contribution < 1.29 is 23.0 Å². The van der Waals surface area contributed by atoms with E-state index in [-0.39, 0.29) is 30.5 Å². The summed E-state index contributed by atoms with van der Waals surface area (Å²) in [4.78, 5) is 18.1. The van der Waals surface area contributed by atoms with Crippen molar-refractivity contribution in [1.29, 1.82) is 0 Å². The average Bonchev–Trinajstić information content (AvgIpc) is 3.34. The molecule has 7 nitrogen and oxygen atoms in total. The largest absolute Gasteiger partial charge is 0.490 e. The van der Waals surface area contributed by atoms with E-state index in [4.69, 9.17) is 9.47 Å². The molecule has 31 heavy (non-hydrogen) atoms. The Kier molecular flexibility index (Phi) is 7.92. The van der Waals surface area contributed by atoms with Gasteiger partial charge < -0.3 is 25.0 Å². The number of guanidine groups is 1. The minimum atomic E-state index is -2.97. The highest BCUT2D eigenvalue weighted by Crippen LogP contribution is 2.44. The number of halogens is 2. The van der Waals surface area contributed by atoms with Crippen molar-refractivity contribution in [3.05, 3.63) is 23.8 Å². The van der Waals surface area contributed by atoms with E-state index < -0.39 is 6.61 Å². The molecule has 0 radical (unpaired) electrons. The van der Waals surface area contributed by atoms with Gasteiger partial charge in [0, 0.05) is 25.7 Å². The highest BCUT2D eigenvalue weighted by atomic mass is 19.3. The predicted octanol–water partition coefficient (Wildman–Crippen LogP) is 3.00. The lowest BCUT2D eigenvalue weighted by Gasteiger charge is -2.25. The van der Waals surface area contributed by atoms with E-state index in [1.54, 1.807) is 39.2 Å². The summed E-state index contributed by atoms with van der Waals surface area (Å²) in [6, 6.07) is 5.31. The maximum atomic E-state index is 13.0. The van der Waals surface area contributed by atoms with Gasteiger partial charge >= 0.3 is 6.61 Å². The van der Waals surface area contributed by atoms with Crippen LogP contribution < -0.4 is 20.1 Å². The first kappa shape index (κ1) is 23.1. The highest BCUT2D eigenvalue weighted by molar-refractivity contribution is 5.86. The van der Waals surface area contributed by atoms with E-state index in [2.05, 4.69) is 15.6 Å². The van der Waals surface area contributed by atoms with Gasteiger partial charge in [-0.05, 0) is 44.1 Å². The number of para-hydroxylation sites is 1. The molecule has 172 valence electrons. The van der Waals surface area contributed by atoms with E-state index in [0.717, 1.165) is 12.3 Å². The number of hydrogen-bond donors (Lipinski definition) is 2. The fourth-order valence-electron chi connectivity index (χ4n) is 4.41. The first-order valence-electron chi connectivity index (χ1n) is 10.8. The van der Waals surface area contributed by atoms with Gasteiger partial charge in [0.15, 0.2) is 17.5 Å². The standard InChI is InChI=1S/C22H32F2N4O3/c1-4-30-18-7-5-6-16(20(18)31-21(23)24)12-25-22(26-13-19(29)28(2)3)27-17-11-14-8-9-15(17)10-14/h5-7,14-15,17,21H,4,8-13H2,1-3H3,(H2,25,26,27). The molecule has 9 heteroatoms. The first-order chi connectivity index (χ1) is 14.9. The van der Waals surface area contributed by atoms with Crippen LogP contribution in [0.2, 0.25) is 0 Å². The van der Waals surface area contributed by atoms with Crippen molar-refractivity contribution in [2.24, 2.45) is 16.8 Å². The van der Waals surface area contributed by atoms with Gasteiger partial charge in [0.05, 0.1) is 19.7 Å². The molecule has 2 N–H and O–H groups in total. The van der Waals surface area contributed by atoms with Gasteiger partial charge in [-0.15, -0.1) is 0 Å². The summed E-state index contributed by atoms with van der Waals surface area (Å²) >= 11 is 0. The molecule has 0 aromatic heterocycles. The van der Waals surface area contributed by atoms with E-state index in [0.29, 0.717) is 30.1 Å². The normalized spacial score (nSPS) is 22.5. The number of fused-ring (bicyclic) bond motifs is 2. The van der Waals surface area contributed by atoms with Crippen LogP contribution in [0.1, 0.15) is 38.2 Å². The number of nitrogens with zero attached hydrogens (tertiary/aromatic N) is 2. The first-order valence-corrected chi connectivity index (χ1v) is 10.8. The highest BCUT2D eigenvalue weighted by Gasteiger charge is 2.39. The third-order valence-corrected chi connectivity index (χ3v) is 5.94. The predicted molar refractivity (Wildman–Crippen MR) is 114 cm³/mol. The number of likely N-dealkylation sites (N-methyl/N-ethyl adjacent to an activating group) is 1. The zero-order valence-corrected chi connectivity index (χ0v) is 18.4. The van der Waals surface area contributed by atoms with Crippen molar-refractivity contribution in [2.45, 2.75) is 51.8 Å². The van der Waals surface area contributed by atoms with Crippen molar-refractivity contribution in [3.63, 3.8) is 0 Å². The third-order valence-electron chi connectivity index (χ3n) is 5.94. The quantitative estimate of drug-likeness (QED) is 0.458. The number of alkyl halides is 2. The van der Waals surface area contributed by atoms with Crippen LogP contribution in [0.5, 0.6) is 11.5 Å². The molecule has 0 spiro atoms. The zero-order valence-electron chi connectivity index (χ0n) is 18.4. The summed E-state index contributed by atoms with van der Waals surface area (Å²) < 4.78 is 36.1. The number of ether oxygens (including phenoxy) is 2. The molecule has 2 aliphatic rings.